The fourth-order valence-electron chi connectivity index (χ4n) is 2.60. The van der Waals surface area contributed by atoms with Crippen molar-refractivity contribution in [3.63, 3.8) is 0 Å². The first kappa shape index (κ1) is 19.6. The SMILES string of the molecule is CN=C(NCCCCNc1ccccn1)N(C)Cc1ccc(OC)cc1. The molecule has 2 aromatic rings. The Morgan fingerprint density at radius 3 is 2.54 bits per heavy atom. The third-order valence-corrected chi connectivity index (χ3v) is 4.01. The molecule has 1 aromatic heterocycles. The van der Waals surface area contributed by atoms with Gasteiger partial charge in [-0.15, -0.1) is 0 Å². The maximum absolute atomic E-state index is 5.20. The maximum Gasteiger partial charge on any atom is 0.193 e. The second-order valence-corrected chi connectivity index (χ2v) is 6.03. The lowest BCUT2D eigenvalue weighted by atomic mass is 10.2. The predicted octanol–water partition coefficient (Wildman–Crippen LogP) is 2.99. The summed E-state index contributed by atoms with van der Waals surface area (Å²) in [6.45, 7) is 2.60. The Balaban J connectivity index is 1.66. The number of benzene rings is 1. The van der Waals surface area contributed by atoms with Crippen LogP contribution in [0.5, 0.6) is 5.75 Å². The number of aromatic nitrogens is 1. The second-order valence-electron chi connectivity index (χ2n) is 6.03. The summed E-state index contributed by atoms with van der Waals surface area (Å²) in [7, 11) is 5.54. The molecule has 2 N–H and O–H groups in total. The van der Waals surface area contributed by atoms with Gasteiger partial charge in [0.25, 0.3) is 0 Å². The third kappa shape index (κ3) is 6.63. The lowest BCUT2D eigenvalue weighted by Gasteiger charge is -2.22. The molecule has 1 heterocycles. The van der Waals surface area contributed by atoms with Gasteiger partial charge >= 0.3 is 0 Å². The number of ether oxygens (including phenoxy) is 1. The molecule has 0 aliphatic heterocycles. The highest BCUT2D eigenvalue weighted by Crippen LogP contribution is 2.12. The van der Waals surface area contributed by atoms with Crippen molar-refractivity contribution < 1.29 is 4.74 Å². The number of nitrogens with zero attached hydrogens (tertiary/aromatic N) is 3. The first-order chi connectivity index (χ1) is 12.7. The van der Waals surface area contributed by atoms with Crippen LogP contribution in [0.4, 0.5) is 5.82 Å². The Morgan fingerprint density at radius 1 is 1.12 bits per heavy atom. The van der Waals surface area contributed by atoms with Crippen LogP contribution in [-0.4, -0.2) is 50.1 Å². The number of hydrogen-bond donors (Lipinski definition) is 2. The molecule has 140 valence electrons. The molecule has 0 atom stereocenters. The zero-order chi connectivity index (χ0) is 18.6. The molecule has 0 saturated heterocycles. The second kappa shape index (κ2) is 11.0. The van der Waals surface area contributed by atoms with Crippen LogP contribution in [0.25, 0.3) is 0 Å². The smallest absolute Gasteiger partial charge is 0.193 e. The van der Waals surface area contributed by atoms with Gasteiger partial charge in [0.05, 0.1) is 7.11 Å². The van der Waals surface area contributed by atoms with Gasteiger partial charge in [-0.25, -0.2) is 4.98 Å². The molecule has 6 nitrogen and oxygen atoms in total. The number of pyridine rings is 1. The van der Waals surface area contributed by atoms with Gasteiger partial charge in [0.15, 0.2) is 5.96 Å². The van der Waals surface area contributed by atoms with Crippen LogP contribution >= 0.6 is 0 Å². The molecular formula is C20H29N5O. The van der Waals surface area contributed by atoms with Crippen LogP contribution in [0, 0.1) is 0 Å². The molecule has 1 aromatic carbocycles. The molecule has 0 saturated carbocycles. The first-order valence-corrected chi connectivity index (χ1v) is 8.92. The molecular weight excluding hydrogens is 326 g/mol. The van der Waals surface area contributed by atoms with E-state index in [1.165, 1.54) is 5.56 Å². The van der Waals surface area contributed by atoms with Crippen molar-refractivity contribution in [2.75, 3.05) is 39.6 Å². The molecule has 0 spiro atoms. The fourth-order valence-corrected chi connectivity index (χ4v) is 2.60. The Labute approximate surface area is 156 Å². The van der Waals surface area contributed by atoms with Crippen molar-refractivity contribution in [3.8, 4) is 5.75 Å². The summed E-state index contributed by atoms with van der Waals surface area (Å²) in [5.41, 5.74) is 1.22. The minimum Gasteiger partial charge on any atom is -0.497 e. The minimum atomic E-state index is 0.797. The van der Waals surface area contributed by atoms with Crippen LogP contribution in [0.15, 0.2) is 53.7 Å². The largest absolute Gasteiger partial charge is 0.497 e. The van der Waals surface area contributed by atoms with Gasteiger partial charge in [0.2, 0.25) is 0 Å². The Bertz CT molecular complexity index is 658. The van der Waals surface area contributed by atoms with Crippen molar-refractivity contribution in [2.24, 2.45) is 4.99 Å². The molecule has 0 bridgehead atoms. The topological polar surface area (TPSA) is 61.8 Å². The van der Waals surface area contributed by atoms with E-state index in [9.17, 15) is 0 Å². The maximum atomic E-state index is 5.20. The molecule has 0 aliphatic carbocycles. The third-order valence-electron chi connectivity index (χ3n) is 4.01. The van der Waals surface area contributed by atoms with Gasteiger partial charge in [-0.3, -0.25) is 4.99 Å². The molecule has 0 unspecified atom stereocenters. The lowest BCUT2D eigenvalue weighted by Crippen LogP contribution is -2.38. The molecule has 0 radical (unpaired) electrons. The molecule has 2 rings (SSSR count). The Kier molecular flexibility index (Phi) is 8.26. The highest BCUT2D eigenvalue weighted by molar-refractivity contribution is 5.79. The van der Waals surface area contributed by atoms with E-state index in [1.807, 2.05) is 44.4 Å². The van der Waals surface area contributed by atoms with Crippen molar-refractivity contribution in [3.05, 3.63) is 54.2 Å². The number of anilines is 1. The van der Waals surface area contributed by atoms with Gasteiger partial charge in [0, 0.05) is 39.9 Å². The number of methoxy groups -OCH3 is 1. The summed E-state index contributed by atoms with van der Waals surface area (Å²) in [5, 5.41) is 6.74. The summed E-state index contributed by atoms with van der Waals surface area (Å²) in [4.78, 5) is 10.7. The van der Waals surface area contributed by atoms with E-state index in [4.69, 9.17) is 4.74 Å². The predicted molar refractivity (Wildman–Crippen MR) is 108 cm³/mol. The van der Waals surface area contributed by atoms with Gasteiger partial charge in [-0.1, -0.05) is 18.2 Å². The molecule has 6 heteroatoms. The number of unbranched alkanes of at least 4 members (excludes halogenated alkanes) is 1. The quantitative estimate of drug-likeness (QED) is 0.411. The van der Waals surface area contributed by atoms with Crippen molar-refractivity contribution in [1.82, 2.24) is 15.2 Å². The number of aliphatic imine (C=N–C) groups is 1. The zero-order valence-electron chi connectivity index (χ0n) is 15.9. The highest BCUT2D eigenvalue weighted by atomic mass is 16.5. The summed E-state index contributed by atoms with van der Waals surface area (Å²) in [5.74, 6) is 2.70. The van der Waals surface area contributed by atoms with E-state index in [1.54, 1.807) is 13.3 Å². The normalized spacial score (nSPS) is 11.1. The molecule has 0 amide bonds. The number of rotatable bonds is 9. The Morgan fingerprint density at radius 2 is 1.88 bits per heavy atom. The highest BCUT2D eigenvalue weighted by Gasteiger charge is 2.06. The van der Waals surface area contributed by atoms with Gasteiger partial charge in [-0.2, -0.15) is 0 Å². The van der Waals surface area contributed by atoms with Crippen LogP contribution < -0.4 is 15.4 Å². The Hall–Kier alpha value is -2.76. The molecule has 0 aliphatic rings. The summed E-state index contributed by atoms with van der Waals surface area (Å²) in [6.07, 6.45) is 3.94. The number of nitrogens with one attached hydrogen (secondary N) is 2. The van der Waals surface area contributed by atoms with E-state index in [-0.39, 0.29) is 0 Å². The number of hydrogen-bond acceptors (Lipinski definition) is 4. The van der Waals surface area contributed by atoms with Gasteiger partial charge in [-0.05, 0) is 42.7 Å². The van der Waals surface area contributed by atoms with E-state index >= 15 is 0 Å². The van der Waals surface area contributed by atoms with Gasteiger partial charge in [0.1, 0.15) is 11.6 Å². The zero-order valence-corrected chi connectivity index (χ0v) is 15.9. The lowest BCUT2D eigenvalue weighted by molar-refractivity contribution is 0.414. The van der Waals surface area contributed by atoms with E-state index in [0.717, 1.165) is 50.0 Å². The summed E-state index contributed by atoms with van der Waals surface area (Å²) >= 11 is 0. The van der Waals surface area contributed by atoms with Crippen molar-refractivity contribution in [1.29, 1.82) is 0 Å². The van der Waals surface area contributed by atoms with Crippen LogP contribution in [0.2, 0.25) is 0 Å². The average molecular weight is 355 g/mol. The first-order valence-electron chi connectivity index (χ1n) is 8.92. The van der Waals surface area contributed by atoms with E-state index in [0.29, 0.717) is 0 Å². The monoisotopic (exact) mass is 355 g/mol. The van der Waals surface area contributed by atoms with Crippen molar-refractivity contribution >= 4 is 11.8 Å². The van der Waals surface area contributed by atoms with Crippen LogP contribution in [0.1, 0.15) is 18.4 Å². The molecule has 26 heavy (non-hydrogen) atoms. The van der Waals surface area contributed by atoms with Crippen LogP contribution in [-0.2, 0) is 6.54 Å². The number of guanidine groups is 1. The van der Waals surface area contributed by atoms with Gasteiger partial charge < -0.3 is 20.3 Å². The standard InChI is InChI=1S/C20H29N5O/c1-21-20(25(2)16-17-9-11-18(26-3)12-10-17)24-15-7-6-14-23-19-8-4-5-13-22-19/h4-5,8-13H,6-7,14-16H2,1-3H3,(H,21,24)(H,22,23). The average Bonchev–Trinajstić information content (AvgIpc) is 2.68. The minimum absolute atomic E-state index is 0.797. The molecule has 0 fully saturated rings. The summed E-state index contributed by atoms with van der Waals surface area (Å²) < 4.78 is 5.20. The van der Waals surface area contributed by atoms with E-state index in [2.05, 4.69) is 37.6 Å². The fraction of sp³-hybridized carbons (Fsp3) is 0.400. The van der Waals surface area contributed by atoms with Crippen LogP contribution in [0.3, 0.4) is 0 Å². The summed E-state index contributed by atoms with van der Waals surface area (Å²) in [6, 6.07) is 14.0. The van der Waals surface area contributed by atoms with E-state index < -0.39 is 0 Å². The van der Waals surface area contributed by atoms with Crippen molar-refractivity contribution in [2.45, 2.75) is 19.4 Å².